The number of halogens is 2. The summed E-state index contributed by atoms with van der Waals surface area (Å²) >= 11 is 0. The van der Waals surface area contributed by atoms with Crippen LogP contribution in [0.1, 0.15) is 0 Å². The molecule has 0 aliphatic heterocycles. The van der Waals surface area contributed by atoms with E-state index in [1.807, 2.05) is 30.3 Å². The van der Waals surface area contributed by atoms with E-state index in [-0.39, 0.29) is 37.5 Å². The molecule has 0 fully saturated rings. The van der Waals surface area contributed by atoms with Crippen LogP contribution in [0.15, 0.2) is 200 Å². The Kier molecular flexibility index (Phi) is 20.3. The van der Waals surface area contributed by atoms with E-state index < -0.39 is 22.8 Å². The summed E-state index contributed by atoms with van der Waals surface area (Å²) in [6.45, 7) is -1.00. The summed E-state index contributed by atoms with van der Waals surface area (Å²) in [6.07, 6.45) is 0. The molecule has 0 radical (unpaired) electrons. The summed E-state index contributed by atoms with van der Waals surface area (Å²) in [7, 11) is -0.818. The molecule has 0 aliphatic carbocycles. The van der Waals surface area contributed by atoms with Gasteiger partial charge in [-0.15, -0.1) is 10.6 Å². The zero-order chi connectivity index (χ0) is 31.4. The summed E-state index contributed by atoms with van der Waals surface area (Å²) in [5.74, 6) is 0. The molecule has 7 rings (SSSR count). The fourth-order valence-electron chi connectivity index (χ4n) is 4.57. The van der Waals surface area contributed by atoms with Crippen molar-refractivity contribution < 1.29 is 46.3 Å². The number of rotatable bonds is 6. The van der Waals surface area contributed by atoms with Gasteiger partial charge in [-0.3, -0.25) is 0 Å². The Bertz CT molecular complexity index is 1450. The van der Waals surface area contributed by atoms with Gasteiger partial charge in [0.2, 0.25) is 0 Å². The van der Waals surface area contributed by atoms with Crippen LogP contribution in [0.3, 0.4) is 0 Å². The molecule has 0 aromatic heterocycles. The molecule has 0 heterocycles. The van der Waals surface area contributed by atoms with Gasteiger partial charge in [0.1, 0.15) is 0 Å². The molecule has 0 spiro atoms. The fourth-order valence-corrected chi connectivity index (χ4v) is 9.18. The molecular formula is C41H34F2FeP2Pd. The molecule has 7 aromatic carbocycles. The Morgan fingerprint density at radius 3 is 0.894 bits per heavy atom. The number of benzene rings is 5. The molecule has 0 saturated heterocycles. The first-order chi connectivity index (χ1) is 22.3. The van der Waals surface area contributed by atoms with Crippen molar-refractivity contribution in [2.45, 2.75) is 0 Å². The molecule has 0 bridgehead atoms. The summed E-state index contributed by atoms with van der Waals surface area (Å²) in [5.41, 5.74) is 0. The maximum absolute atomic E-state index is 9.50. The first-order valence-corrected chi connectivity index (χ1v) is 17.2. The molecule has 7 aromatic rings. The van der Waals surface area contributed by atoms with E-state index in [1.54, 1.807) is 0 Å². The maximum atomic E-state index is 9.50. The Labute approximate surface area is 305 Å². The van der Waals surface area contributed by atoms with E-state index in [4.69, 9.17) is 0 Å². The average Bonchev–Trinajstić information content (AvgIpc) is 3.85. The molecule has 0 nitrogen and oxygen atoms in total. The smallest absolute Gasteiger partial charge is 0.425 e. The second kappa shape index (κ2) is 23.9. The van der Waals surface area contributed by atoms with Crippen molar-refractivity contribution in [1.29, 1.82) is 0 Å². The van der Waals surface area contributed by atoms with E-state index in [0.29, 0.717) is 0 Å². The molecule has 0 atom stereocenters. The number of hydrogen-bond acceptors (Lipinski definition) is 0. The fraction of sp³-hybridized carbons (Fsp3) is 0. The largest absolute Gasteiger partial charge is 2.00 e. The van der Waals surface area contributed by atoms with Gasteiger partial charge in [0.05, 0.1) is 0 Å². The number of hydrogen-bond donors (Lipinski definition) is 0. The summed E-state index contributed by atoms with van der Waals surface area (Å²) in [6, 6.07) is 73.0. The quantitative estimate of drug-likeness (QED) is 0.0899. The van der Waals surface area contributed by atoms with Crippen molar-refractivity contribution in [3.05, 3.63) is 213 Å². The second-order valence-corrected chi connectivity index (χ2v) is 13.9. The van der Waals surface area contributed by atoms with Crippen LogP contribution in [0, 0.1) is 13.0 Å². The first-order valence-electron chi connectivity index (χ1n) is 14.5. The van der Waals surface area contributed by atoms with Gasteiger partial charge < -0.3 is 8.78 Å². The maximum Gasteiger partial charge on any atom is 2.00 e. The summed E-state index contributed by atoms with van der Waals surface area (Å²) in [4.78, 5) is 0. The first kappa shape index (κ1) is 39.9. The monoisotopic (exact) mass is 788 g/mol. The van der Waals surface area contributed by atoms with Crippen molar-refractivity contribution in [2.24, 2.45) is 0 Å². The van der Waals surface area contributed by atoms with Gasteiger partial charge in [-0.25, -0.2) is 24.3 Å². The minimum absolute atomic E-state index is 0. The van der Waals surface area contributed by atoms with Crippen LogP contribution in [0.2, 0.25) is 0 Å². The van der Waals surface area contributed by atoms with Gasteiger partial charge in [0, 0.05) is 0 Å². The van der Waals surface area contributed by atoms with Crippen molar-refractivity contribution in [1.82, 2.24) is 0 Å². The molecular weight excluding hydrogens is 755 g/mol. The predicted molar refractivity (Wildman–Crippen MR) is 193 cm³/mol. The zero-order valence-corrected chi connectivity index (χ0v) is 29.9. The van der Waals surface area contributed by atoms with Crippen LogP contribution >= 0.6 is 15.8 Å². The van der Waals surface area contributed by atoms with Crippen molar-refractivity contribution >= 4 is 47.7 Å². The summed E-state index contributed by atoms with van der Waals surface area (Å²) in [5, 5.41) is 8.47. The van der Waals surface area contributed by atoms with Gasteiger partial charge in [0.15, 0.2) is 0 Å². The standard InChI is InChI=1S/2C17H14P.C6H5.CHF2.Fe.Pd/c2*1-3-9-15(10-4-1)18(17-13-7-8-14-17)16-11-5-2-6-12-16;1-2-4-6-5-3-1;2-1-3;;/h2*1-14H;1-5H;1H;;/q4*-1;2*+2. The van der Waals surface area contributed by atoms with Crippen LogP contribution in [-0.4, -0.2) is 0 Å². The van der Waals surface area contributed by atoms with E-state index in [9.17, 15) is 8.78 Å². The Hall–Kier alpha value is -3.30. The third kappa shape index (κ3) is 13.4. The topological polar surface area (TPSA) is 0 Å². The molecule has 0 N–H and O–H groups in total. The van der Waals surface area contributed by atoms with Crippen molar-refractivity contribution in [3.63, 3.8) is 0 Å². The SMILES string of the molecule is F[CH-]F.[Fe+2].[Pd+2].[c-]1ccccc1.c1ccc(P(c2ccccc2)c2ccc[cH-]2)cc1.c1ccc(P(c2ccccc2)c2ccc[cH-]2)cc1. The second-order valence-electron chi connectivity index (χ2n) is 9.46. The Balaban J connectivity index is 0.000000251. The Morgan fingerprint density at radius 2 is 0.702 bits per heavy atom. The molecule has 0 aliphatic rings. The van der Waals surface area contributed by atoms with Crippen LogP contribution in [0.4, 0.5) is 8.78 Å². The molecule has 0 amide bonds. The average molecular weight is 789 g/mol. The third-order valence-electron chi connectivity index (χ3n) is 6.47. The molecule has 47 heavy (non-hydrogen) atoms. The zero-order valence-electron chi connectivity index (χ0n) is 25.5. The Morgan fingerprint density at radius 1 is 0.426 bits per heavy atom. The predicted octanol–water partition coefficient (Wildman–Crippen LogP) is 8.85. The molecule has 6 heteroatoms. The van der Waals surface area contributed by atoms with E-state index in [0.717, 1.165) is 0 Å². The van der Waals surface area contributed by atoms with Crippen LogP contribution < -0.4 is 31.8 Å². The van der Waals surface area contributed by atoms with Gasteiger partial charge in [-0.05, 0) is 44.0 Å². The van der Waals surface area contributed by atoms with Crippen molar-refractivity contribution in [2.75, 3.05) is 0 Å². The molecule has 0 unspecified atom stereocenters. The van der Waals surface area contributed by atoms with E-state index in [1.165, 1.54) is 31.8 Å². The van der Waals surface area contributed by atoms with Crippen LogP contribution in [0.5, 0.6) is 0 Å². The van der Waals surface area contributed by atoms with E-state index in [2.05, 4.69) is 176 Å². The van der Waals surface area contributed by atoms with Crippen LogP contribution in [0.25, 0.3) is 0 Å². The van der Waals surface area contributed by atoms with Crippen LogP contribution in [-0.2, 0) is 37.5 Å². The van der Waals surface area contributed by atoms with Crippen molar-refractivity contribution in [3.8, 4) is 0 Å². The van der Waals surface area contributed by atoms with Gasteiger partial charge in [0.25, 0.3) is 0 Å². The normalized spacial score (nSPS) is 9.62. The van der Waals surface area contributed by atoms with Gasteiger partial charge >= 0.3 is 37.5 Å². The minimum Gasteiger partial charge on any atom is -0.425 e. The molecule has 0 saturated carbocycles. The van der Waals surface area contributed by atoms with Gasteiger partial charge in [-0.2, -0.15) is 60.7 Å². The minimum atomic E-state index is -1.00. The summed E-state index contributed by atoms with van der Waals surface area (Å²) < 4.78 is 19.0. The van der Waals surface area contributed by atoms with E-state index >= 15 is 0 Å². The molecule has 240 valence electrons. The van der Waals surface area contributed by atoms with Gasteiger partial charge in [-0.1, -0.05) is 121 Å². The third-order valence-corrected chi connectivity index (χ3v) is 11.4.